The van der Waals surface area contributed by atoms with Crippen LogP contribution < -0.4 is 10.1 Å². The highest BCUT2D eigenvalue weighted by atomic mass is 16.5. The molecule has 2 atom stereocenters. The van der Waals surface area contributed by atoms with Crippen molar-refractivity contribution in [3.05, 3.63) is 29.8 Å². The molecule has 1 amide bonds. The zero-order valence-electron chi connectivity index (χ0n) is 10.1. The number of aliphatic carboxylic acids is 1. The number of benzene rings is 1. The lowest BCUT2D eigenvalue weighted by molar-refractivity contribution is -0.141. The molecule has 0 aliphatic heterocycles. The van der Waals surface area contributed by atoms with Gasteiger partial charge in [-0.2, -0.15) is 0 Å². The number of amides is 1. The van der Waals surface area contributed by atoms with Crippen molar-refractivity contribution in [2.45, 2.75) is 19.1 Å². The third-order valence-corrected chi connectivity index (χ3v) is 2.39. The smallest absolute Gasteiger partial charge is 0.328 e. The van der Waals surface area contributed by atoms with Gasteiger partial charge in [-0.05, 0) is 31.2 Å². The molecule has 1 rings (SSSR count). The maximum absolute atomic E-state index is 11.7. The fourth-order valence-electron chi connectivity index (χ4n) is 1.36. The van der Waals surface area contributed by atoms with Gasteiger partial charge in [-0.25, -0.2) is 4.79 Å². The highest BCUT2D eigenvalue weighted by Crippen LogP contribution is 2.11. The lowest BCUT2D eigenvalue weighted by atomic mass is 10.1. The highest BCUT2D eigenvalue weighted by Gasteiger charge is 2.25. The van der Waals surface area contributed by atoms with E-state index in [1.54, 1.807) is 12.1 Å². The van der Waals surface area contributed by atoms with E-state index in [0.717, 1.165) is 0 Å². The van der Waals surface area contributed by atoms with E-state index in [-0.39, 0.29) is 0 Å². The second kappa shape index (κ2) is 6.02. The zero-order chi connectivity index (χ0) is 13.7. The fourth-order valence-corrected chi connectivity index (χ4v) is 1.36. The summed E-state index contributed by atoms with van der Waals surface area (Å²) in [7, 11) is 1.50. The largest absolute Gasteiger partial charge is 0.497 e. The molecule has 6 nitrogen and oxygen atoms in total. The topological polar surface area (TPSA) is 95.9 Å². The Morgan fingerprint density at radius 2 is 1.83 bits per heavy atom. The third kappa shape index (κ3) is 3.46. The van der Waals surface area contributed by atoms with E-state index >= 15 is 0 Å². The standard InChI is InChI=1S/C12H15NO5/c1-7(14)10(12(16)17)13-11(15)8-3-5-9(18-2)6-4-8/h3-7,10,14H,1-2H3,(H,13,15)(H,16,17). The Balaban J connectivity index is 2.77. The normalized spacial score (nSPS) is 13.5. The lowest BCUT2D eigenvalue weighted by Gasteiger charge is -2.17. The minimum Gasteiger partial charge on any atom is -0.497 e. The molecule has 0 aromatic heterocycles. The maximum atomic E-state index is 11.7. The van der Waals surface area contributed by atoms with Gasteiger partial charge in [0.2, 0.25) is 0 Å². The number of carbonyl (C=O) groups is 2. The molecule has 0 aliphatic carbocycles. The average Bonchev–Trinajstić information content (AvgIpc) is 2.35. The number of methoxy groups -OCH3 is 1. The molecule has 0 bridgehead atoms. The van der Waals surface area contributed by atoms with Crippen LogP contribution in [0.1, 0.15) is 17.3 Å². The number of rotatable bonds is 5. The Kier molecular flexibility index (Phi) is 4.67. The first kappa shape index (κ1) is 14.0. The van der Waals surface area contributed by atoms with Gasteiger partial charge >= 0.3 is 5.97 Å². The monoisotopic (exact) mass is 253 g/mol. The van der Waals surface area contributed by atoms with Crippen LogP contribution in [0.4, 0.5) is 0 Å². The molecule has 3 N–H and O–H groups in total. The van der Waals surface area contributed by atoms with E-state index < -0.39 is 24.0 Å². The number of hydrogen-bond acceptors (Lipinski definition) is 4. The van der Waals surface area contributed by atoms with Crippen LogP contribution in [0.5, 0.6) is 5.75 Å². The van der Waals surface area contributed by atoms with Crippen LogP contribution in [0.3, 0.4) is 0 Å². The molecule has 0 saturated carbocycles. The molecule has 2 unspecified atom stereocenters. The summed E-state index contributed by atoms with van der Waals surface area (Å²) in [5.41, 5.74) is 0.294. The number of carboxylic acid groups (broad SMARTS) is 1. The molecule has 0 aliphatic rings. The first-order chi connectivity index (χ1) is 8.45. The summed E-state index contributed by atoms with van der Waals surface area (Å²) < 4.78 is 4.94. The van der Waals surface area contributed by atoms with Gasteiger partial charge < -0.3 is 20.3 Å². The minimum absolute atomic E-state index is 0.294. The Labute approximate surface area is 104 Å². The van der Waals surface area contributed by atoms with E-state index in [1.165, 1.54) is 26.2 Å². The number of aliphatic hydroxyl groups is 1. The van der Waals surface area contributed by atoms with E-state index in [4.69, 9.17) is 9.84 Å². The summed E-state index contributed by atoms with van der Waals surface area (Å²) >= 11 is 0. The number of nitrogens with one attached hydrogen (secondary N) is 1. The number of aliphatic hydroxyl groups excluding tert-OH is 1. The summed E-state index contributed by atoms with van der Waals surface area (Å²) in [6, 6.07) is 4.87. The van der Waals surface area contributed by atoms with E-state index in [9.17, 15) is 14.7 Å². The number of carboxylic acids is 1. The second-order valence-electron chi connectivity index (χ2n) is 3.76. The summed E-state index contributed by atoms with van der Waals surface area (Å²) in [5, 5.41) is 20.3. The molecule has 0 spiro atoms. The number of hydrogen-bond donors (Lipinski definition) is 3. The van der Waals surface area contributed by atoms with Crippen molar-refractivity contribution in [1.82, 2.24) is 5.32 Å². The highest BCUT2D eigenvalue weighted by molar-refractivity contribution is 5.96. The van der Waals surface area contributed by atoms with Crippen LogP contribution >= 0.6 is 0 Å². The van der Waals surface area contributed by atoms with Gasteiger partial charge in [0.15, 0.2) is 6.04 Å². The van der Waals surface area contributed by atoms with Gasteiger partial charge in [-0.15, -0.1) is 0 Å². The van der Waals surface area contributed by atoms with Crippen LogP contribution in [0.2, 0.25) is 0 Å². The molecule has 18 heavy (non-hydrogen) atoms. The van der Waals surface area contributed by atoms with E-state index in [0.29, 0.717) is 11.3 Å². The van der Waals surface area contributed by atoms with Crippen LogP contribution in [0, 0.1) is 0 Å². The summed E-state index contributed by atoms with van der Waals surface area (Å²) in [6.45, 7) is 1.30. The van der Waals surface area contributed by atoms with Crippen molar-refractivity contribution in [1.29, 1.82) is 0 Å². The number of carbonyl (C=O) groups excluding carboxylic acids is 1. The minimum atomic E-state index is -1.33. The van der Waals surface area contributed by atoms with Crippen molar-refractivity contribution in [3.63, 3.8) is 0 Å². The summed E-state index contributed by atoms with van der Waals surface area (Å²) in [4.78, 5) is 22.6. The van der Waals surface area contributed by atoms with Crippen LogP contribution in [0.25, 0.3) is 0 Å². The Morgan fingerprint density at radius 1 is 1.28 bits per heavy atom. The van der Waals surface area contributed by atoms with Crippen molar-refractivity contribution < 1.29 is 24.5 Å². The molecule has 0 radical (unpaired) electrons. The molecular formula is C12H15NO5. The first-order valence-corrected chi connectivity index (χ1v) is 5.31. The second-order valence-corrected chi connectivity index (χ2v) is 3.76. The van der Waals surface area contributed by atoms with Gasteiger partial charge in [0.25, 0.3) is 5.91 Å². The molecule has 98 valence electrons. The summed E-state index contributed by atoms with van der Waals surface area (Å²) in [6.07, 6.45) is -1.18. The van der Waals surface area contributed by atoms with Crippen LogP contribution in [-0.2, 0) is 4.79 Å². The first-order valence-electron chi connectivity index (χ1n) is 5.31. The zero-order valence-corrected chi connectivity index (χ0v) is 10.1. The van der Waals surface area contributed by atoms with Gasteiger partial charge in [0.05, 0.1) is 13.2 Å². The molecule has 0 heterocycles. The fraction of sp³-hybridized carbons (Fsp3) is 0.333. The molecule has 1 aromatic carbocycles. The molecule has 0 fully saturated rings. The summed E-state index contributed by atoms with van der Waals surface area (Å²) in [5.74, 6) is -1.25. The van der Waals surface area contributed by atoms with E-state index in [2.05, 4.69) is 5.32 Å². The van der Waals surface area contributed by atoms with Gasteiger partial charge in [-0.1, -0.05) is 0 Å². The third-order valence-electron chi connectivity index (χ3n) is 2.39. The van der Waals surface area contributed by atoms with Crippen LogP contribution in [-0.4, -0.2) is 41.3 Å². The Hall–Kier alpha value is -2.08. The van der Waals surface area contributed by atoms with Gasteiger partial charge in [0, 0.05) is 5.56 Å². The van der Waals surface area contributed by atoms with Crippen molar-refractivity contribution in [2.75, 3.05) is 7.11 Å². The van der Waals surface area contributed by atoms with Crippen molar-refractivity contribution in [2.24, 2.45) is 0 Å². The Morgan fingerprint density at radius 3 is 2.22 bits per heavy atom. The maximum Gasteiger partial charge on any atom is 0.328 e. The molecule has 6 heteroatoms. The van der Waals surface area contributed by atoms with Crippen LogP contribution in [0.15, 0.2) is 24.3 Å². The quantitative estimate of drug-likeness (QED) is 0.699. The average molecular weight is 253 g/mol. The number of ether oxygens (including phenoxy) is 1. The van der Waals surface area contributed by atoms with E-state index in [1.807, 2.05) is 0 Å². The molecular weight excluding hydrogens is 238 g/mol. The van der Waals surface area contributed by atoms with Crippen molar-refractivity contribution >= 4 is 11.9 Å². The predicted octanol–water partition coefficient (Wildman–Crippen LogP) is 0.259. The SMILES string of the molecule is COc1ccc(C(=O)NC(C(=O)O)C(C)O)cc1. The van der Waals surface area contributed by atoms with Gasteiger partial charge in [0.1, 0.15) is 5.75 Å². The predicted molar refractivity (Wildman–Crippen MR) is 63.6 cm³/mol. The molecule has 0 saturated heterocycles. The van der Waals surface area contributed by atoms with Gasteiger partial charge in [-0.3, -0.25) is 4.79 Å². The molecule has 1 aromatic rings. The van der Waals surface area contributed by atoms with Crippen molar-refractivity contribution in [3.8, 4) is 5.75 Å². The lowest BCUT2D eigenvalue weighted by Crippen LogP contribution is -2.47. The Bertz CT molecular complexity index is 427.